The van der Waals surface area contributed by atoms with Crippen LogP contribution in [-0.2, 0) is 16.0 Å². The molecule has 0 saturated heterocycles. The molecule has 0 aliphatic heterocycles. The Hall–Kier alpha value is -2.04. The Morgan fingerprint density at radius 3 is 2.68 bits per heavy atom. The van der Waals surface area contributed by atoms with Crippen LogP contribution in [-0.4, -0.2) is 30.1 Å². The maximum absolute atomic E-state index is 12.3. The lowest BCUT2D eigenvalue weighted by Crippen LogP contribution is -2.43. The Labute approximate surface area is 130 Å². The van der Waals surface area contributed by atoms with E-state index in [2.05, 4.69) is 5.32 Å². The molecule has 1 aliphatic carbocycles. The van der Waals surface area contributed by atoms with E-state index >= 15 is 0 Å². The first-order valence-electron chi connectivity index (χ1n) is 7.76. The minimum absolute atomic E-state index is 0.150. The highest BCUT2D eigenvalue weighted by Crippen LogP contribution is 2.24. The predicted octanol–water partition coefficient (Wildman–Crippen LogP) is 2.39. The number of nitrogens with one attached hydrogen (secondary N) is 1. The number of carboxylic acids is 1. The van der Waals surface area contributed by atoms with E-state index in [1.165, 1.54) is 0 Å². The van der Waals surface area contributed by atoms with E-state index in [1.54, 1.807) is 7.11 Å². The van der Waals surface area contributed by atoms with Crippen molar-refractivity contribution in [2.45, 2.75) is 44.6 Å². The highest BCUT2D eigenvalue weighted by molar-refractivity contribution is 5.80. The topological polar surface area (TPSA) is 75.6 Å². The molecule has 0 radical (unpaired) electrons. The fraction of sp³-hybridized carbons (Fsp3) is 0.529. The highest BCUT2D eigenvalue weighted by atomic mass is 16.5. The Balaban J connectivity index is 2.01. The van der Waals surface area contributed by atoms with Crippen LogP contribution in [0.1, 0.15) is 37.7 Å². The van der Waals surface area contributed by atoms with E-state index in [4.69, 9.17) is 4.74 Å². The van der Waals surface area contributed by atoms with Gasteiger partial charge in [0.25, 0.3) is 0 Å². The van der Waals surface area contributed by atoms with Crippen LogP contribution in [0.15, 0.2) is 24.3 Å². The Bertz CT molecular complexity index is 529. The number of carbonyl (C=O) groups excluding carboxylic acids is 1. The van der Waals surface area contributed by atoms with Crippen LogP contribution in [0.5, 0.6) is 5.75 Å². The summed E-state index contributed by atoms with van der Waals surface area (Å²) in [7, 11) is 1.57. The first-order valence-corrected chi connectivity index (χ1v) is 7.76. The van der Waals surface area contributed by atoms with E-state index in [9.17, 15) is 14.7 Å². The number of aliphatic carboxylic acids is 1. The monoisotopic (exact) mass is 305 g/mol. The summed E-state index contributed by atoms with van der Waals surface area (Å²) in [5.41, 5.74) is 0.808. The van der Waals surface area contributed by atoms with Gasteiger partial charge < -0.3 is 15.2 Å². The molecule has 2 atom stereocenters. The lowest BCUT2D eigenvalue weighted by Gasteiger charge is -2.23. The molecule has 5 heteroatoms. The molecule has 5 nitrogen and oxygen atoms in total. The van der Waals surface area contributed by atoms with E-state index in [0.717, 1.165) is 31.2 Å². The summed E-state index contributed by atoms with van der Waals surface area (Å²) in [6.07, 6.45) is 4.47. The number of hydrogen-bond donors (Lipinski definition) is 2. The maximum atomic E-state index is 12.3. The number of amides is 1. The van der Waals surface area contributed by atoms with Gasteiger partial charge in [-0.1, -0.05) is 37.5 Å². The average molecular weight is 305 g/mol. The minimum Gasteiger partial charge on any atom is -0.496 e. The number of para-hydroxylation sites is 1. The molecule has 1 saturated carbocycles. The molecule has 0 unspecified atom stereocenters. The Morgan fingerprint density at radius 1 is 1.23 bits per heavy atom. The fourth-order valence-electron chi connectivity index (χ4n) is 3.06. The number of rotatable bonds is 5. The van der Waals surface area contributed by atoms with Gasteiger partial charge in [-0.05, 0) is 18.9 Å². The summed E-state index contributed by atoms with van der Waals surface area (Å²) in [5.74, 6) is -0.774. The standard InChI is InChI=1S/C17H23NO4/c1-22-15-10-6-5-7-12(15)11-16(19)18-14-9-4-2-3-8-13(14)17(20)21/h5-7,10,13-14H,2-4,8-9,11H2,1H3,(H,18,19)(H,20,21)/t13-,14+/m1/s1. The van der Waals surface area contributed by atoms with Gasteiger partial charge in [-0.15, -0.1) is 0 Å². The first-order chi connectivity index (χ1) is 10.6. The van der Waals surface area contributed by atoms with E-state index < -0.39 is 11.9 Å². The molecule has 1 aromatic rings. The zero-order valence-electron chi connectivity index (χ0n) is 12.9. The smallest absolute Gasteiger partial charge is 0.308 e. The van der Waals surface area contributed by atoms with Gasteiger partial charge in [-0.2, -0.15) is 0 Å². The third-order valence-corrected chi connectivity index (χ3v) is 4.22. The lowest BCUT2D eigenvalue weighted by molar-refractivity contribution is -0.143. The molecule has 0 spiro atoms. The minimum atomic E-state index is -0.815. The van der Waals surface area contributed by atoms with Crippen LogP contribution in [0.3, 0.4) is 0 Å². The highest BCUT2D eigenvalue weighted by Gasteiger charge is 2.30. The van der Waals surface area contributed by atoms with Gasteiger partial charge >= 0.3 is 5.97 Å². The molecule has 0 bridgehead atoms. The van der Waals surface area contributed by atoms with Crippen LogP contribution in [0.25, 0.3) is 0 Å². The molecule has 22 heavy (non-hydrogen) atoms. The van der Waals surface area contributed by atoms with Gasteiger partial charge in [0.15, 0.2) is 0 Å². The van der Waals surface area contributed by atoms with E-state index in [0.29, 0.717) is 12.2 Å². The molecule has 120 valence electrons. The van der Waals surface area contributed by atoms with Crippen LogP contribution >= 0.6 is 0 Å². The second-order valence-corrected chi connectivity index (χ2v) is 5.75. The van der Waals surface area contributed by atoms with Crippen molar-refractivity contribution in [1.82, 2.24) is 5.32 Å². The zero-order chi connectivity index (χ0) is 15.9. The van der Waals surface area contributed by atoms with Gasteiger partial charge in [-0.25, -0.2) is 0 Å². The average Bonchev–Trinajstić information content (AvgIpc) is 2.73. The van der Waals surface area contributed by atoms with E-state index in [-0.39, 0.29) is 18.4 Å². The van der Waals surface area contributed by atoms with Crippen molar-refractivity contribution in [3.05, 3.63) is 29.8 Å². The summed E-state index contributed by atoms with van der Waals surface area (Å²) >= 11 is 0. The summed E-state index contributed by atoms with van der Waals surface area (Å²) in [4.78, 5) is 23.7. The first kappa shape index (κ1) is 16.3. The summed E-state index contributed by atoms with van der Waals surface area (Å²) in [6.45, 7) is 0. The number of hydrogen-bond acceptors (Lipinski definition) is 3. The van der Waals surface area contributed by atoms with E-state index in [1.807, 2.05) is 24.3 Å². The third kappa shape index (κ3) is 4.23. The summed E-state index contributed by atoms with van der Waals surface area (Å²) in [6, 6.07) is 7.10. The van der Waals surface area contributed by atoms with Crippen LogP contribution in [0.2, 0.25) is 0 Å². The second-order valence-electron chi connectivity index (χ2n) is 5.75. The largest absolute Gasteiger partial charge is 0.496 e. The number of benzene rings is 1. The SMILES string of the molecule is COc1ccccc1CC(=O)N[C@H]1CCCCC[C@H]1C(=O)O. The number of carbonyl (C=O) groups is 2. The molecule has 2 N–H and O–H groups in total. The molecule has 1 aliphatic rings. The summed E-state index contributed by atoms with van der Waals surface area (Å²) in [5, 5.41) is 12.3. The van der Waals surface area contributed by atoms with Crippen LogP contribution < -0.4 is 10.1 Å². The number of methoxy groups -OCH3 is 1. The van der Waals surface area contributed by atoms with Crippen molar-refractivity contribution in [2.24, 2.45) is 5.92 Å². The predicted molar refractivity (Wildman–Crippen MR) is 82.8 cm³/mol. The van der Waals surface area contributed by atoms with Crippen molar-refractivity contribution < 1.29 is 19.4 Å². The molecule has 1 amide bonds. The molecular weight excluding hydrogens is 282 g/mol. The van der Waals surface area contributed by atoms with Crippen LogP contribution in [0.4, 0.5) is 0 Å². The third-order valence-electron chi connectivity index (χ3n) is 4.22. The van der Waals surface area contributed by atoms with Gasteiger partial charge in [0, 0.05) is 11.6 Å². The van der Waals surface area contributed by atoms with Crippen molar-refractivity contribution in [3.63, 3.8) is 0 Å². The van der Waals surface area contributed by atoms with Gasteiger partial charge in [0.2, 0.25) is 5.91 Å². The molecular formula is C17H23NO4. The normalized spacial score (nSPS) is 21.7. The van der Waals surface area contributed by atoms with Gasteiger partial charge in [0.05, 0.1) is 19.4 Å². The lowest BCUT2D eigenvalue weighted by atomic mass is 9.94. The van der Waals surface area contributed by atoms with Gasteiger partial charge in [0.1, 0.15) is 5.75 Å². The Morgan fingerprint density at radius 2 is 1.95 bits per heavy atom. The fourth-order valence-corrected chi connectivity index (χ4v) is 3.06. The molecule has 0 heterocycles. The zero-order valence-corrected chi connectivity index (χ0v) is 12.9. The van der Waals surface area contributed by atoms with Crippen molar-refractivity contribution in [2.75, 3.05) is 7.11 Å². The van der Waals surface area contributed by atoms with Crippen molar-refractivity contribution in [3.8, 4) is 5.75 Å². The molecule has 2 rings (SSSR count). The second kappa shape index (κ2) is 7.82. The van der Waals surface area contributed by atoms with Gasteiger partial charge in [-0.3, -0.25) is 9.59 Å². The molecule has 1 aromatic carbocycles. The number of ether oxygens (including phenoxy) is 1. The molecule has 1 fully saturated rings. The quantitative estimate of drug-likeness (QED) is 0.819. The van der Waals surface area contributed by atoms with Crippen LogP contribution in [0, 0.1) is 5.92 Å². The molecule has 0 aromatic heterocycles. The summed E-state index contributed by atoms with van der Waals surface area (Å²) < 4.78 is 5.24. The Kier molecular flexibility index (Phi) is 5.81. The maximum Gasteiger partial charge on any atom is 0.308 e. The number of carboxylic acid groups (broad SMARTS) is 1. The van der Waals surface area contributed by atoms with Crippen molar-refractivity contribution in [1.29, 1.82) is 0 Å². The van der Waals surface area contributed by atoms with Crippen molar-refractivity contribution >= 4 is 11.9 Å².